The quantitative estimate of drug-likeness (QED) is 0.810. The highest BCUT2D eigenvalue weighted by Gasteiger charge is 2.31. The highest BCUT2D eigenvalue weighted by molar-refractivity contribution is 7.89. The molecule has 2 aromatic rings. The molecule has 26 heavy (non-hydrogen) atoms. The lowest BCUT2D eigenvalue weighted by molar-refractivity contribution is -0.453. The average Bonchev–Trinajstić information content (AvgIpc) is 3.00. The molecule has 8 heteroatoms. The summed E-state index contributed by atoms with van der Waals surface area (Å²) in [6.07, 6.45) is 0. The third kappa shape index (κ3) is 2.91. The van der Waals surface area contributed by atoms with Crippen LogP contribution in [0.15, 0.2) is 47.4 Å². The van der Waals surface area contributed by atoms with Gasteiger partial charge < -0.3 is 4.74 Å². The van der Waals surface area contributed by atoms with Gasteiger partial charge in [-0.05, 0) is 18.2 Å². The zero-order valence-corrected chi connectivity index (χ0v) is 15.6. The number of fused-ring (bicyclic) bond motifs is 1. The number of sulfonamides is 1. The molecule has 2 aliphatic rings. The highest BCUT2D eigenvalue weighted by atomic mass is 35.5. The molecule has 1 fully saturated rings. The monoisotopic (exact) mass is 392 g/mol. The number of benzene rings is 2. The topological polar surface area (TPSA) is 75.6 Å². The number of nitrogens with zero attached hydrogens (tertiary/aromatic N) is 2. The van der Waals surface area contributed by atoms with Crippen molar-refractivity contribution in [3.05, 3.63) is 58.6 Å². The van der Waals surface area contributed by atoms with Crippen molar-refractivity contribution in [3.8, 4) is 0 Å². The van der Waals surface area contributed by atoms with Gasteiger partial charge in [-0.25, -0.2) is 13.0 Å². The Morgan fingerprint density at radius 1 is 1.12 bits per heavy atom. The Bertz CT molecular complexity index is 998. The lowest BCUT2D eigenvalue weighted by atomic mass is 10.1. The van der Waals surface area contributed by atoms with Crippen LogP contribution in [0.1, 0.15) is 11.1 Å². The minimum Gasteiger partial charge on any atom is -0.379 e. The van der Waals surface area contributed by atoms with Crippen molar-refractivity contribution in [2.45, 2.75) is 11.4 Å². The Labute approximate surface area is 157 Å². The smallest absolute Gasteiger partial charge is 0.280 e. The fourth-order valence-corrected chi connectivity index (χ4v) is 5.23. The number of nitrogens with two attached hydrogens (primary N) is 1. The lowest BCUT2D eigenvalue weighted by Crippen LogP contribution is -2.40. The molecule has 2 aliphatic heterocycles. The van der Waals surface area contributed by atoms with Crippen LogP contribution in [-0.4, -0.2) is 49.4 Å². The van der Waals surface area contributed by atoms with E-state index in [4.69, 9.17) is 22.1 Å². The zero-order valence-electron chi connectivity index (χ0n) is 14.1. The third-order valence-corrected chi connectivity index (χ3v) is 7.11. The van der Waals surface area contributed by atoms with E-state index in [1.165, 1.54) is 4.31 Å². The van der Waals surface area contributed by atoms with Crippen LogP contribution >= 0.6 is 11.6 Å². The second-order valence-corrected chi connectivity index (χ2v) is 8.57. The fraction of sp³-hybridized carbons (Fsp3) is 0.278. The summed E-state index contributed by atoms with van der Waals surface area (Å²) in [6, 6.07) is 12.9. The molecule has 2 N–H and O–H groups in total. The number of hydrogen-bond donors (Lipinski definition) is 1. The minimum atomic E-state index is -3.68. The Morgan fingerprint density at radius 2 is 1.85 bits per heavy atom. The van der Waals surface area contributed by atoms with E-state index in [9.17, 15) is 8.42 Å². The van der Waals surface area contributed by atoms with Gasteiger partial charge in [0.25, 0.3) is 5.84 Å². The summed E-state index contributed by atoms with van der Waals surface area (Å²) in [4.78, 5) is 0.0994. The van der Waals surface area contributed by atoms with Gasteiger partial charge in [0.1, 0.15) is 17.1 Å². The molecule has 0 spiro atoms. The number of rotatable bonds is 3. The SMILES string of the molecule is NC1=[N+](c2ccc(Cl)c(S(=O)(=O)N3CCOCC3)c2)Cc2ccccc21. The highest BCUT2D eigenvalue weighted by Crippen LogP contribution is 2.31. The van der Waals surface area contributed by atoms with Crippen molar-refractivity contribution in [1.29, 1.82) is 0 Å². The molecule has 0 saturated carbocycles. The van der Waals surface area contributed by atoms with Crippen molar-refractivity contribution >= 4 is 33.1 Å². The van der Waals surface area contributed by atoms with Crippen LogP contribution in [0.25, 0.3) is 0 Å². The van der Waals surface area contributed by atoms with Crippen LogP contribution in [0.4, 0.5) is 5.69 Å². The molecule has 0 aliphatic carbocycles. The van der Waals surface area contributed by atoms with E-state index in [1.54, 1.807) is 18.2 Å². The zero-order chi connectivity index (χ0) is 18.3. The summed E-state index contributed by atoms with van der Waals surface area (Å²) in [6.45, 7) is 2.02. The first-order chi connectivity index (χ1) is 12.5. The molecule has 0 unspecified atom stereocenters. The van der Waals surface area contributed by atoms with Gasteiger partial charge in [-0.3, -0.25) is 5.73 Å². The number of hydrogen-bond acceptors (Lipinski definition) is 4. The summed E-state index contributed by atoms with van der Waals surface area (Å²) in [5.74, 6) is 0.609. The first-order valence-electron chi connectivity index (χ1n) is 8.34. The van der Waals surface area contributed by atoms with Crippen LogP contribution in [-0.2, 0) is 21.3 Å². The van der Waals surface area contributed by atoms with Crippen LogP contribution < -0.4 is 5.73 Å². The van der Waals surface area contributed by atoms with E-state index in [2.05, 4.69) is 0 Å². The van der Waals surface area contributed by atoms with Gasteiger partial charge in [-0.2, -0.15) is 4.31 Å². The van der Waals surface area contributed by atoms with Crippen molar-refractivity contribution < 1.29 is 17.7 Å². The molecular weight excluding hydrogens is 374 g/mol. The van der Waals surface area contributed by atoms with Crippen molar-refractivity contribution in [2.24, 2.45) is 5.73 Å². The summed E-state index contributed by atoms with van der Waals surface area (Å²) >= 11 is 6.24. The molecule has 2 heterocycles. The van der Waals surface area contributed by atoms with E-state index < -0.39 is 10.0 Å². The van der Waals surface area contributed by atoms with E-state index >= 15 is 0 Å². The maximum Gasteiger partial charge on any atom is 0.280 e. The third-order valence-electron chi connectivity index (χ3n) is 4.73. The van der Waals surface area contributed by atoms with Gasteiger partial charge >= 0.3 is 0 Å². The van der Waals surface area contributed by atoms with Crippen LogP contribution in [0.5, 0.6) is 0 Å². The first kappa shape index (κ1) is 17.5. The molecule has 0 radical (unpaired) electrons. The van der Waals surface area contributed by atoms with Gasteiger partial charge in [-0.1, -0.05) is 29.8 Å². The molecule has 0 amide bonds. The number of halogens is 1. The van der Waals surface area contributed by atoms with Gasteiger partial charge in [0.05, 0.1) is 23.8 Å². The standard InChI is InChI=1S/C18H18ClN3O3S/c19-16-6-5-14(22-12-13-3-1-2-4-15(13)18(22)20)11-17(16)26(23,24)21-7-9-25-10-8-21/h1-6,11,20H,7-10,12H2/p+1. The average molecular weight is 393 g/mol. The number of amidine groups is 1. The van der Waals surface area contributed by atoms with E-state index in [1.807, 2.05) is 28.8 Å². The Hall–Kier alpha value is -1.93. The maximum absolute atomic E-state index is 13.0. The summed E-state index contributed by atoms with van der Waals surface area (Å²) in [7, 11) is -3.68. The molecule has 136 valence electrons. The molecule has 2 aromatic carbocycles. The predicted molar refractivity (Wildman–Crippen MR) is 99.4 cm³/mol. The normalized spacial score (nSPS) is 18.2. The molecule has 0 bridgehead atoms. The van der Waals surface area contributed by atoms with Crippen LogP contribution in [0.2, 0.25) is 5.02 Å². The molecule has 4 rings (SSSR count). The summed E-state index contributed by atoms with van der Waals surface area (Å²) < 4.78 is 34.6. The Kier molecular flexibility index (Phi) is 4.48. The van der Waals surface area contributed by atoms with Crippen molar-refractivity contribution in [1.82, 2.24) is 4.31 Å². The van der Waals surface area contributed by atoms with E-state index in [0.29, 0.717) is 44.4 Å². The van der Waals surface area contributed by atoms with E-state index in [-0.39, 0.29) is 9.92 Å². The second kappa shape index (κ2) is 6.66. The lowest BCUT2D eigenvalue weighted by Gasteiger charge is -2.26. The molecule has 1 saturated heterocycles. The molecular formula is C18H19ClN3O3S+. The first-order valence-corrected chi connectivity index (χ1v) is 10.2. The number of morpholine rings is 1. The fourth-order valence-electron chi connectivity index (χ4n) is 3.32. The predicted octanol–water partition coefficient (Wildman–Crippen LogP) is 1.92. The van der Waals surface area contributed by atoms with Crippen LogP contribution in [0, 0.1) is 0 Å². The van der Waals surface area contributed by atoms with E-state index in [0.717, 1.165) is 11.1 Å². The van der Waals surface area contributed by atoms with Crippen molar-refractivity contribution in [3.63, 3.8) is 0 Å². The van der Waals surface area contributed by atoms with Gasteiger partial charge in [0, 0.05) is 24.7 Å². The van der Waals surface area contributed by atoms with Crippen LogP contribution in [0.3, 0.4) is 0 Å². The maximum atomic E-state index is 13.0. The molecule has 0 atom stereocenters. The number of ether oxygens (including phenoxy) is 1. The van der Waals surface area contributed by atoms with Gasteiger partial charge in [0.15, 0.2) is 0 Å². The largest absolute Gasteiger partial charge is 0.379 e. The second-order valence-electron chi connectivity index (χ2n) is 6.26. The minimum absolute atomic E-state index is 0.0994. The summed E-state index contributed by atoms with van der Waals surface area (Å²) in [5, 5.41) is 0.204. The van der Waals surface area contributed by atoms with Gasteiger partial charge in [0.2, 0.25) is 10.0 Å². The van der Waals surface area contributed by atoms with Gasteiger partial charge in [-0.15, -0.1) is 0 Å². The molecule has 0 aromatic heterocycles. The Morgan fingerprint density at radius 3 is 2.58 bits per heavy atom. The Balaban J connectivity index is 1.75. The van der Waals surface area contributed by atoms with Crippen molar-refractivity contribution in [2.75, 3.05) is 26.3 Å². The summed E-state index contributed by atoms with van der Waals surface area (Å²) in [5.41, 5.74) is 9.08. The molecule has 6 nitrogen and oxygen atoms in total.